The molecule has 0 atom stereocenters. The molecule has 0 aliphatic carbocycles. The van der Waals surface area contributed by atoms with Gasteiger partial charge in [-0.3, -0.25) is 9.69 Å². The first-order chi connectivity index (χ1) is 12.1. The minimum atomic E-state index is -4.91. The molecule has 26 heavy (non-hydrogen) atoms. The topological polar surface area (TPSA) is 55.3 Å². The molecule has 10 heteroatoms. The van der Waals surface area contributed by atoms with Crippen molar-refractivity contribution < 1.29 is 27.1 Å². The Kier molecular flexibility index (Phi) is 4.87. The molecule has 3 rings (SSSR count). The van der Waals surface area contributed by atoms with Gasteiger partial charge >= 0.3 is 6.36 Å². The van der Waals surface area contributed by atoms with Gasteiger partial charge in [0.15, 0.2) is 5.82 Å². The predicted octanol–water partition coefficient (Wildman–Crippen LogP) is 4.06. The first-order valence-electron chi connectivity index (χ1n) is 7.51. The van der Waals surface area contributed by atoms with Crippen LogP contribution in [0.4, 0.5) is 23.4 Å². The van der Waals surface area contributed by atoms with Crippen molar-refractivity contribution in [1.82, 2.24) is 9.97 Å². The third-order valence-corrected chi connectivity index (χ3v) is 4.53. The van der Waals surface area contributed by atoms with Crippen molar-refractivity contribution in [1.29, 1.82) is 0 Å². The van der Waals surface area contributed by atoms with Gasteiger partial charge in [0.25, 0.3) is 0 Å². The molecule has 0 unspecified atom stereocenters. The van der Waals surface area contributed by atoms with E-state index in [4.69, 9.17) is 0 Å². The van der Waals surface area contributed by atoms with Crippen LogP contribution in [0.25, 0.3) is 0 Å². The summed E-state index contributed by atoms with van der Waals surface area (Å²) < 4.78 is 55.1. The zero-order valence-corrected chi connectivity index (χ0v) is 15.0. The molecule has 0 saturated carbocycles. The van der Waals surface area contributed by atoms with Crippen LogP contribution in [0.2, 0.25) is 0 Å². The molecular formula is C16H12BrF4N3O2. The Balaban J connectivity index is 1.90. The van der Waals surface area contributed by atoms with E-state index in [9.17, 15) is 22.4 Å². The van der Waals surface area contributed by atoms with Gasteiger partial charge in [-0.1, -0.05) is 6.07 Å². The zero-order chi connectivity index (χ0) is 19.1. The Bertz CT molecular complexity index is 873. The summed E-state index contributed by atoms with van der Waals surface area (Å²) in [5.41, 5.74) is 1.21. The van der Waals surface area contributed by atoms with Gasteiger partial charge in [0, 0.05) is 24.5 Å². The average molecular weight is 434 g/mol. The van der Waals surface area contributed by atoms with Crippen LogP contribution in [0.5, 0.6) is 5.75 Å². The monoisotopic (exact) mass is 433 g/mol. The van der Waals surface area contributed by atoms with Crippen LogP contribution in [0.1, 0.15) is 23.4 Å². The lowest BCUT2D eigenvalue weighted by Gasteiger charge is -2.28. The van der Waals surface area contributed by atoms with Gasteiger partial charge in [-0.25, -0.2) is 14.4 Å². The summed E-state index contributed by atoms with van der Waals surface area (Å²) in [5.74, 6) is -1.50. The summed E-state index contributed by atoms with van der Waals surface area (Å²) in [6.45, 7) is 1.54. The highest BCUT2D eigenvalue weighted by atomic mass is 79.9. The standard InChI is InChI=1S/C16H12BrF4N3O2/c1-8-14(17)23-12-4-5-13(25)24(15(12)22-8)7-9-2-3-10(6-11(9)18)26-16(19,20)21/h2-3,6H,4-5,7H2,1H3. The van der Waals surface area contributed by atoms with Gasteiger partial charge in [-0.2, -0.15) is 0 Å². The Labute approximate surface area is 154 Å². The van der Waals surface area contributed by atoms with Crippen molar-refractivity contribution in [3.8, 4) is 5.75 Å². The highest BCUT2D eigenvalue weighted by molar-refractivity contribution is 9.10. The van der Waals surface area contributed by atoms with Gasteiger partial charge in [0.05, 0.1) is 17.9 Å². The van der Waals surface area contributed by atoms with E-state index in [0.29, 0.717) is 34.3 Å². The number of amides is 1. The fourth-order valence-electron chi connectivity index (χ4n) is 2.57. The first-order valence-corrected chi connectivity index (χ1v) is 8.31. The molecule has 138 valence electrons. The second kappa shape index (κ2) is 6.82. The predicted molar refractivity (Wildman–Crippen MR) is 87.1 cm³/mol. The number of carbonyl (C=O) groups is 1. The van der Waals surface area contributed by atoms with Gasteiger partial charge < -0.3 is 4.74 Å². The number of benzene rings is 1. The van der Waals surface area contributed by atoms with Crippen LogP contribution >= 0.6 is 15.9 Å². The normalized spacial score (nSPS) is 14.4. The number of hydrogen-bond donors (Lipinski definition) is 0. The lowest BCUT2D eigenvalue weighted by atomic mass is 10.1. The average Bonchev–Trinajstić information content (AvgIpc) is 2.52. The van der Waals surface area contributed by atoms with Crippen molar-refractivity contribution in [2.45, 2.75) is 32.7 Å². The number of carbonyl (C=O) groups excluding carboxylic acids is 1. The maximum absolute atomic E-state index is 14.2. The van der Waals surface area contributed by atoms with E-state index in [1.807, 2.05) is 0 Å². The Morgan fingerprint density at radius 2 is 2.00 bits per heavy atom. The molecule has 2 aromatic rings. The van der Waals surface area contributed by atoms with E-state index >= 15 is 0 Å². The highest BCUT2D eigenvalue weighted by Crippen LogP contribution is 2.30. The number of aromatic nitrogens is 2. The summed E-state index contributed by atoms with van der Waals surface area (Å²) in [6.07, 6.45) is -4.30. The minimum Gasteiger partial charge on any atom is -0.406 e. The molecule has 5 nitrogen and oxygen atoms in total. The Morgan fingerprint density at radius 1 is 1.27 bits per heavy atom. The van der Waals surface area contributed by atoms with Crippen LogP contribution < -0.4 is 9.64 Å². The lowest BCUT2D eigenvalue weighted by molar-refractivity contribution is -0.274. The molecule has 0 fully saturated rings. The van der Waals surface area contributed by atoms with Crippen LogP contribution in [0.15, 0.2) is 22.8 Å². The summed E-state index contributed by atoms with van der Waals surface area (Å²) in [5, 5.41) is 0. The molecule has 2 heterocycles. The van der Waals surface area contributed by atoms with Crippen LogP contribution in [-0.4, -0.2) is 22.2 Å². The molecule has 0 radical (unpaired) electrons. The third kappa shape index (κ3) is 3.95. The van der Waals surface area contributed by atoms with Crippen molar-refractivity contribution >= 4 is 27.7 Å². The quantitative estimate of drug-likeness (QED) is 0.684. The van der Waals surface area contributed by atoms with Crippen LogP contribution in [0.3, 0.4) is 0 Å². The first kappa shape index (κ1) is 18.6. The van der Waals surface area contributed by atoms with E-state index in [1.165, 1.54) is 4.90 Å². The van der Waals surface area contributed by atoms with Crippen molar-refractivity contribution in [3.05, 3.63) is 45.6 Å². The molecule has 1 aliphatic heterocycles. The number of aryl methyl sites for hydroxylation is 2. The molecule has 1 amide bonds. The molecule has 0 spiro atoms. The number of hydrogen-bond acceptors (Lipinski definition) is 4. The highest BCUT2D eigenvalue weighted by Gasteiger charge is 2.32. The Hall–Kier alpha value is -2.23. The largest absolute Gasteiger partial charge is 0.573 e. The summed E-state index contributed by atoms with van der Waals surface area (Å²) in [7, 11) is 0. The molecule has 0 saturated heterocycles. The van der Waals surface area contributed by atoms with Gasteiger partial charge in [-0.15, -0.1) is 13.2 Å². The van der Waals surface area contributed by atoms with Gasteiger partial charge in [0.2, 0.25) is 5.91 Å². The number of alkyl halides is 3. The number of ether oxygens (including phenoxy) is 1. The van der Waals surface area contributed by atoms with E-state index in [0.717, 1.165) is 12.1 Å². The smallest absolute Gasteiger partial charge is 0.406 e. The second-order valence-corrected chi connectivity index (χ2v) is 6.40. The second-order valence-electron chi connectivity index (χ2n) is 5.65. The van der Waals surface area contributed by atoms with Gasteiger partial charge in [-0.05, 0) is 28.9 Å². The van der Waals surface area contributed by atoms with Crippen molar-refractivity contribution in [3.63, 3.8) is 0 Å². The Morgan fingerprint density at radius 3 is 2.65 bits per heavy atom. The van der Waals surface area contributed by atoms with E-state index in [-0.39, 0.29) is 24.4 Å². The summed E-state index contributed by atoms with van der Waals surface area (Å²) in [6, 6.07) is 2.79. The molecule has 1 aromatic heterocycles. The van der Waals surface area contributed by atoms with E-state index < -0.39 is 17.9 Å². The van der Waals surface area contributed by atoms with Gasteiger partial charge in [0.1, 0.15) is 16.2 Å². The minimum absolute atomic E-state index is 0.0445. The lowest BCUT2D eigenvalue weighted by Crippen LogP contribution is -2.36. The number of halogens is 5. The summed E-state index contributed by atoms with van der Waals surface area (Å²) in [4.78, 5) is 22.2. The van der Waals surface area contributed by atoms with Crippen LogP contribution in [-0.2, 0) is 17.8 Å². The summed E-state index contributed by atoms with van der Waals surface area (Å²) >= 11 is 3.28. The third-order valence-electron chi connectivity index (χ3n) is 3.78. The van der Waals surface area contributed by atoms with Crippen LogP contribution in [0, 0.1) is 12.7 Å². The SMILES string of the molecule is Cc1nc2c(nc1Br)CCC(=O)N2Cc1ccc(OC(F)(F)F)cc1F. The zero-order valence-electron chi connectivity index (χ0n) is 13.4. The van der Waals surface area contributed by atoms with Crippen molar-refractivity contribution in [2.24, 2.45) is 0 Å². The number of anilines is 1. The van der Waals surface area contributed by atoms with E-state index in [2.05, 4.69) is 30.6 Å². The fourth-order valence-corrected chi connectivity index (χ4v) is 2.87. The molecule has 0 N–H and O–H groups in total. The maximum Gasteiger partial charge on any atom is 0.573 e. The van der Waals surface area contributed by atoms with E-state index in [1.54, 1.807) is 6.92 Å². The molecule has 1 aromatic carbocycles. The molecule has 0 bridgehead atoms. The number of fused-ring (bicyclic) bond motifs is 1. The maximum atomic E-state index is 14.2. The van der Waals surface area contributed by atoms with Crippen molar-refractivity contribution in [2.75, 3.05) is 4.90 Å². The molecule has 1 aliphatic rings. The number of rotatable bonds is 3. The number of nitrogens with zero attached hydrogens (tertiary/aromatic N) is 3. The fraction of sp³-hybridized carbons (Fsp3) is 0.312. The molecular weight excluding hydrogens is 422 g/mol.